The number of rotatable bonds is 9. The van der Waals surface area contributed by atoms with Gasteiger partial charge in [-0.15, -0.1) is 0 Å². The molecule has 0 aromatic heterocycles. The van der Waals surface area contributed by atoms with Crippen LogP contribution in [0.4, 0.5) is 5.69 Å². The Labute approximate surface area is 204 Å². The van der Waals surface area contributed by atoms with E-state index in [2.05, 4.69) is 15.8 Å². The van der Waals surface area contributed by atoms with Gasteiger partial charge >= 0.3 is 11.8 Å². The number of nitrogens with one attached hydrogen (secondary N) is 2. The lowest BCUT2D eigenvalue weighted by molar-refractivity contribution is -0.136. The molecule has 0 unspecified atom stereocenters. The highest BCUT2D eigenvalue weighted by atomic mass is 16.5. The average molecular weight is 476 g/mol. The van der Waals surface area contributed by atoms with E-state index in [1.807, 2.05) is 38.1 Å². The van der Waals surface area contributed by atoms with Gasteiger partial charge in [-0.1, -0.05) is 24.3 Å². The van der Waals surface area contributed by atoms with E-state index in [1.165, 1.54) is 0 Å². The number of nitrogens with zero attached hydrogens (tertiary/aromatic N) is 1. The standard InChI is InChI=1S/C27H29N3O5/c1-5-34-23-13-11-22(12-14-23)28-26(31)27(32)30-29-19(3)20-10-15-24(25(16-20)33-4)35-17-21-9-7-6-8-18(21)2/h6-16H,5,17H2,1-4H3,(H,28,31)(H,30,32)/b29-19+. The van der Waals surface area contributed by atoms with Crippen LogP contribution in [0, 0.1) is 6.92 Å². The first-order valence-corrected chi connectivity index (χ1v) is 11.2. The van der Waals surface area contributed by atoms with Crippen molar-refractivity contribution in [2.24, 2.45) is 5.10 Å². The van der Waals surface area contributed by atoms with Gasteiger partial charge in [-0.3, -0.25) is 9.59 Å². The molecule has 0 aliphatic carbocycles. The number of hydrogen-bond acceptors (Lipinski definition) is 6. The molecule has 0 spiro atoms. The van der Waals surface area contributed by atoms with Crippen molar-refractivity contribution in [2.75, 3.05) is 19.0 Å². The molecule has 182 valence electrons. The van der Waals surface area contributed by atoms with E-state index in [0.717, 1.165) is 11.1 Å². The molecule has 8 nitrogen and oxygen atoms in total. The van der Waals surface area contributed by atoms with E-state index in [0.29, 0.717) is 47.4 Å². The zero-order valence-corrected chi connectivity index (χ0v) is 20.3. The molecule has 3 aromatic rings. The summed E-state index contributed by atoms with van der Waals surface area (Å²) in [6.45, 7) is 6.59. The Morgan fingerprint density at radius 3 is 2.34 bits per heavy atom. The van der Waals surface area contributed by atoms with Crippen LogP contribution in [0.5, 0.6) is 17.2 Å². The molecule has 0 atom stereocenters. The number of hydrazone groups is 1. The second kappa shape index (κ2) is 12.2. The normalized spacial score (nSPS) is 10.9. The maximum atomic E-state index is 12.2. The third-order valence-corrected chi connectivity index (χ3v) is 5.18. The van der Waals surface area contributed by atoms with Crippen LogP contribution in [-0.2, 0) is 16.2 Å². The van der Waals surface area contributed by atoms with Gasteiger partial charge in [0.1, 0.15) is 12.4 Å². The second-order valence-electron chi connectivity index (χ2n) is 7.63. The summed E-state index contributed by atoms with van der Waals surface area (Å²) in [4.78, 5) is 24.3. The Morgan fingerprint density at radius 2 is 1.66 bits per heavy atom. The minimum Gasteiger partial charge on any atom is -0.494 e. The van der Waals surface area contributed by atoms with Gasteiger partial charge < -0.3 is 19.5 Å². The summed E-state index contributed by atoms with van der Waals surface area (Å²) in [5, 5.41) is 6.56. The van der Waals surface area contributed by atoms with Crippen LogP contribution in [0.15, 0.2) is 71.8 Å². The highest BCUT2D eigenvalue weighted by molar-refractivity contribution is 6.39. The average Bonchev–Trinajstić information content (AvgIpc) is 2.87. The fourth-order valence-corrected chi connectivity index (χ4v) is 3.18. The van der Waals surface area contributed by atoms with E-state index in [-0.39, 0.29) is 0 Å². The van der Waals surface area contributed by atoms with Crippen LogP contribution in [-0.4, -0.2) is 31.2 Å². The Hall–Kier alpha value is -4.33. The van der Waals surface area contributed by atoms with E-state index in [9.17, 15) is 9.59 Å². The number of benzene rings is 3. The van der Waals surface area contributed by atoms with Crippen LogP contribution in [0.1, 0.15) is 30.5 Å². The van der Waals surface area contributed by atoms with E-state index in [1.54, 1.807) is 56.5 Å². The SMILES string of the molecule is CCOc1ccc(NC(=O)C(=O)N/N=C(\C)c2ccc(OCc3ccccc3C)c(OC)c2)cc1. The zero-order valence-electron chi connectivity index (χ0n) is 20.3. The zero-order chi connectivity index (χ0) is 25.2. The number of carbonyl (C=O) groups is 2. The van der Waals surface area contributed by atoms with Crippen molar-refractivity contribution in [3.63, 3.8) is 0 Å². The first-order chi connectivity index (χ1) is 16.9. The van der Waals surface area contributed by atoms with E-state index in [4.69, 9.17) is 14.2 Å². The molecule has 3 rings (SSSR count). The lowest BCUT2D eigenvalue weighted by atomic mass is 10.1. The molecule has 0 radical (unpaired) electrons. The maximum Gasteiger partial charge on any atom is 0.329 e. The van der Waals surface area contributed by atoms with Crippen molar-refractivity contribution in [3.8, 4) is 17.2 Å². The van der Waals surface area contributed by atoms with Crippen molar-refractivity contribution in [1.82, 2.24) is 5.43 Å². The Balaban J connectivity index is 1.60. The molecule has 0 aliphatic heterocycles. The monoisotopic (exact) mass is 475 g/mol. The first-order valence-electron chi connectivity index (χ1n) is 11.2. The molecule has 8 heteroatoms. The van der Waals surface area contributed by atoms with Gasteiger partial charge in [0.15, 0.2) is 11.5 Å². The molecule has 2 amide bonds. The van der Waals surface area contributed by atoms with Gasteiger partial charge in [0.2, 0.25) is 0 Å². The molecule has 0 aliphatic rings. The third-order valence-electron chi connectivity index (χ3n) is 5.18. The molecule has 0 fully saturated rings. The molecule has 2 N–H and O–H groups in total. The molecule has 0 heterocycles. The first kappa shape index (κ1) is 25.3. The molecular weight excluding hydrogens is 446 g/mol. The number of carbonyl (C=O) groups excluding carboxylic acids is 2. The Morgan fingerprint density at radius 1 is 0.914 bits per heavy atom. The minimum atomic E-state index is -0.886. The maximum absolute atomic E-state index is 12.2. The minimum absolute atomic E-state index is 0.412. The van der Waals surface area contributed by atoms with Gasteiger partial charge in [-0.25, -0.2) is 5.43 Å². The lowest BCUT2D eigenvalue weighted by Crippen LogP contribution is -2.32. The summed E-state index contributed by atoms with van der Waals surface area (Å²) in [5.41, 5.74) is 6.18. The van der Waals surface area contributed by atoms with Gasteiger partial charge in [-0.2, -0.15) is 5.10 Å². The topological polar surface area (TPSA) is 98.2 Å². The van der Waals surface area contributed by atoms with Crippen LogP contribution in [0.3, 0.4) is 0 Å². The van der Waals surface area contributed by atoms with Crippen molar-refractivity contribution in [2.45, 2.75) is 27.4 Å². The predicted octanol–water partition coefficient (Wildman–Crippen LogP) is 4.46. The Bertz CT molecular complexity index is 1210. The molecule has 3 aromatic carbocycles. The van der Waals surface area contributed by atoms with Crippen molar-refractivity contribution in [1.29, 1.82) is 0 Å². The highest BCUT2D eigenvalue weighted by Gasteiger charge is 2.14. The van der Waals surface area contributed by atoms with Crippen molar-refractivity contribution < 1.29 is 23.8 Å². The van der Waals surface area contributed by atoms with Gasteiger partial charge in [0, 0.05) is 11.3 Å². The van der Waals surface area contributed by atoms with Crippen molar-refractivity contribution in [3.05, 3.63) is 83.4 Å². The smallest absolute Gasteiger partial charge is 0.329 e. The van der Waals surface area contributed by atoms with Crippen LogP contribution in [0.2, 0.25) is 0 Å². The number of anilines is 1. The quantitative estimate of drug-likeness (QED) is 0.271. The summed E-state index contributed by atoms with van der Waals surface area (Å²) in [7, 11) is 1.55. The lowest BCUT2D eigenvalue weighted by Gasteiger charge is -2.13. The molecule has 0 saturated carbocycles. The number of methoxy groups -OCH3 is 1. The number of aryl methyl sites for hydroxylation is 1. The van der Waals surface area contributed by atoms with Crippen molar-refractivity contribution >= 4 is 23.2 Å². The van der Waals surface area contributed by atoms with Gasteiger partial charge in [-0.05, 0) is 74.4 Å². The summed E-state index contributed by atoms with van der Waals surface area (Å²) in [5.74, 6) is 0.0834. The summed E-state index contributed by atoms with van der Waals surface area (Å²) in [6, 6.07) is 20.1. The molecule has 35 heavy (non-hydrogen) atoms. The van der Waals surface area contributed by atoms with Gasteiger partial charge in [0.25, 0.3) is 0 Å². The van der Waals surface area contributed by atoms with Crippen LogP contribution < -0.4 is 25.0 Å². The summed E-state index contributed by atoms with van der Waals surface area (Å²) in [6.07, 6.45) is 0. The summed E-state index contributed by atoms with van der Waals surface area (Å²) >= 11 is 0. The number of hydrogen-bond donors (Lipinski definition) is 2. The fraction of sp³-hybridized carbons (Fsp3) is 0.222. The van der Waals surface area contributed by atoms with Crippen LogP contribution >= 0.6 is 0 Å². The number of ether oxygens (including phenoxy) is 3. The Kier molecular flexibility index (Phi) is 8.83. The molecule has 0 bridgehead atoms. The third kappa shape index (κ3) is 7.07. The predicted molar refractivity (Wildman–Crippen MR) is 135 cm³/mol. The van der Waals surface area contributed by atoms with Gasteiger partial charge in [0.05, 0.1) is 19.4 Å². The summed E-state index contributed by atoms with van der Waals surface area (Å²) < 4.78 is 16.8. The molecule has 0 saturated heterocycles. The van der Waals surface area contributed by atoms with E-state index < -0.39 is 11.8 Å². The largest absolute Gasteiger partial charge is 0.494 e. The number of amides is 2. The fourth-order valence-electron chi connectivity index (χ4n) is 3.18. The highest BCUT2D eigenvalue weighted by Crippen LogP contribution is 2.29. The van der Waals surface area contributed by atoms with E-state index >= 15 is 0 Å². The second-order valence-corrected chi connectivity index (χ2v) is 7.63. The molecular formula is C27H29N3O5. The van der Waals surface area contributed by atoms with Crippen LogP contribution in [0.25, 0.3) is 0 Å².